The molecule has 126 valence electrons. The molecule has 9 nitrogen and oxygen atoms in total. The lowest BCUT2D eigenvalue weighted by Gasteiger charge is -2.15. The molecule has 0 aliphatic heterocycles. The summed E-state index contributed by atoms with van der Waals surface area (Å²) in [6, 6.07) is 5.03. The van der Waals surface area contributed by atoms with E-state index in [9.17, 15) is 5.11 Å². The summed E-state index contributed by atoms with van der Waals surface area (Å²) < 4.78 is 0. The number of nitrogens with zero attached hydrogens (tertiary/aromatic N) is 4. The molecule has 10 heteroatoms. The fourth-order valence-corrected chi connectivity index (χ4v) is 2.24. The molecule has 0 fully saturated rings. The molecule has 2 heterocycles. The third-order valence-electron chi connectivity index (χ3n) is 3.50. The van der Waals surface area contributed by atoms with Crippen molar-refractivity contribution >= 4 is 45.9 Å². The molecule has 0 saturated heterocycles. The van der Waals surface area contributed by atoms with Crippen LogP contribution in [0, 0.1) is 0 Å². The van der Waals surface area contributed by atoms with Crippen molar-refractivity contribution in [2.24, 2.45) is 0 Å². The van der Waals surface area contributed by atoms with Gasteiger partial charge in [0, 0.05) is 5.69 Å². The van der Waals surface area contributed by atoms with Gasteiger partial charge in [-0.15, -0.1) is 5.10 Å². The molecule has 1 atom stereocenters. The summed E-state index contributed by atoms with van der Waals surface area (Å²) in [6.45, 7) is 1.94. The maximum absolute atomic E-state index is 9.33. The van der Waals surface area contributed by atoms with E-state index in [1.165, 1.54) is 0 Å². The highest BCUT2D eigenvalue weighted by molar-refractivity contribution is 6.33. The van der Waals surface area contributed by atoms with Crippen LogP contribution in [0.25, 0.3) is 11.2 Å². The number of aliphatic hydroxyl groups excluding tert-OH is 1. The highest BCUT2D eigenvalue weighted by Crippen LogP contribution is 2.27. The predicted octanol–water partition coefficient (Wildman–Crippen LogP) is 1.91. The topological polar surface area (TPSA) is 138 Å². The molecule has 6 N–H and O–H groups in total. The lowest BCUT2D eigenvalue weighted by molar-refractivity contribution is 0.271. The van der Waals surface area contributed by atoms with Gasteiger partial charge < -0.3 is 21.5 Å². The number of anilines is 4. The first-order valence-electron chi connectivity index (χ1n) is 7.39. The molecule has 24 heavy (non-hydrogen) atoms. The SMILES string of the molecule is CCC(CO)Nc1nc(Nc2ccc(Cl)c(N)c2)c2nn[nH]c2n1. The molecule has 0 radical (unpaired) electrons. The Morgan fingerprint density at radius 3 is 2.92 bits per heavy atom. The highest BCUT2D eigenvalue weighted by atomic mass is 35.5. The zero-order valence-electron chi connectivity index (χ0n) is 12.9. The zero-order valence-corrected chi connectivity index (χ0v) is 13.7. The van der Waals surface area contributed by atoms with E-state index in [0.29, 0.717) is 39.3 Å². The fraction of sp³-hybridized carbons (Fsp3) is 0.286. The van der Waals surface area contributed by atoms with E-state index in [1.54, 1.807) is 18.2 Å². The molecule has 3 aromatic rings. The van der Waals surface area contributed by atoms with E-state index in [-0.39, 0.29) is 12.6 Å². The van der Waals surface area contributed by atoms with Crippen molar-refractivity contribution in [3.05, 3.63) is 23.2 Å². The van der Waals surface area contributed by atoms with Crippen LogP contribution >= 0.6 is 11.6 Å². The summed E-state index contributed by atoms with van der Waals surface area (Å²) in [5.41, 5.74) is 7.95. The molecule has 0 aliphatic rings. The van der Waals surface area contributed by atoms with Crippen molar-refractivity contribution in [2.45, 2.75) is 19.4 Å². The number of aliphatic hydroxyl groups is 1. The van der Waals surface area contributed by atoms with E-state index >= 15 is 0 Å². The Morgan fingerprint density at radius 2 is 2.21 bits per heavy atom. The molecular weight excluding hydrogens is 332 g/mol. The molecule has 1 unspecified atom stereocenters. The lowest BCUT2D eigenvalue weighted by Crippen LogP contribution is -2.24. The Labute approximate surface area is 142 Å². The third-order valence-corrected chi connectivity index (χ3v) is 3.84. The molecule has 0 bridgehead atoms. The van der Waals surface area contributed by atoms with E-state index in [2.05, 4.69) is 36.0 Å². The van der Waals surface area contributed by atoms with Crippen LogP contribution in [0.1, 0.15) is 13.3 Å². The second-order valence-electron chi connectivity index (χ2n) is 5.20. The summed E-state index contributed by atoms with van der Waals surface area (Å²) in [5.74, 6) is 0.824. The Kier molecular flexibility index (Phi) is 4.63. The van der Waals surface area contributed by atoms with Crippen molar-refractivity contribution in [1.29, 1.82) is 0 Å². The predicted molar refractivity (Wildman–Crippen MR) is 93.4 cm³/mol. The van der Waals surface area contributed by atoms with Crippen LogP contribution in [0.4, 0.5) is 23.1 Å². The third kappa shape index (κ3) is 3.31. The van der Waals surface area contributed by atoms with Gasteiger partial charge in [0.15, 0.2) is 17.0 Å². The van der Waals surface area contributed by atoms with E-state index < -0.39 is 0 Å². The number of hydrogen-bond donors (Lipinski definition) is 5. The van der Waals surface area contributed by atoms with Gasteiger partial charge in [-0.1, -0.05) is 23.7 Å². The first-order valence-corrected chi connectivity index (χ1v) is 7.76. The number of benzene rings is 1. The van der Waals surface area contributed by atoms with E-state index in [1.807, 2.05) is 6.92 Å². The minimum absolute atomic E-state index is 0.0183. The van der Waals surface area contributed by atoms with Gasteiger partial charge in [0.2, 0.25) is 5.95 Å². The summed E-state index contributed by atoms with van der Waals surface area (Å²) in [5, 5.41) is 26.5. The Morgan fingerprint density at radius 1 is 1.38 bits per heavy atom. The standard InChI is InChI=1S/C14H17ClN8O/c1-2-7(6-24)18-14-19-12(11-13(20-14)22-23-21-11)17-8-3-4-9(15)10(16)5-8/h3-5,7,24H,2,6,16H2,1H3,(H3,17,18,19,20,21,22,23). The lowest BCUT2D eigenvalue weighted by atomic mass is 10.2. The van der Waals surface area contributed by atoms with Gasteiger partial charge >= 0.3 is 0 Å². The van der Waals surface area contributed by atoms with Crippen molar-refractivity contribution in [2.75, 3.05) is 23.0 Å². The molecule has 1 aromatic carbocycles. The first kappa shape index (κ1) is 16.2. The van der Waals surface area contributed by atoms with Crippen LogP contribution in [-0.2, 0) is 0 Å². The highest BCUT2D eigenvalue weighted by Gasteiger charge is 2.14. The van der Waals surface area contributed by atoms with E-state index in [0.717, 1.165) is 6.42 Å². The van der Waals surface area contributed by atoms with Crippen LogP contribution in [0.2, 0.25) is 5.02 Å². The average molecular weight is 349 g/mol. The number of aromatic nitrogens is 5. The Bertz CT molecular complexity index is 848. The normalized spacial score (nSPS) is 12.3. The fourth-order valence-electron chi connectivity index (χ4n) is 2.12. The number of H-pyrrole nitrogens is 1. The largest absolute Gasteiger partial charge is 0.397 e. The second kappa shape index (κ2) is 6.85. The summed E-state index contributed by atoms with van der Waals surface area (Å²) in [7, 11) is 0. The number of nitrogen functional groups attached to an aromatic ring is 1. The van der Waals surface area contributed by atoms with Gasteiger partial charge in [0.25, 0.3) is 0 Å². The van der Waals surface area contributed by atoms with Crippen molar-refractivity contribution in [1.82, 2.24) is 25.4 Å². The number of nitrogens with two attached hydrogens (primary N) is 1. The van der Waals surface area contributed by atoms with Crippen LogP contribution in [0.3, 0.4) is 0 Å². The van der Waals surface area contributed by atoms with Gasteiger partial charge in [-0.05, 0) is 24.6 Å². The monoisotopic (exact) mass is 348 g/mol. The summed E-state index contributed by atoms with van der Waals surface area (Å²) in [6.07, 6.45) is 0.732. The van der Waals surface area contributed by atoms with Crippen molar-refractivity contribution in [3.63, 3.8) is 0 Å². The maximum Gasteiger partial charge on any atom is 0.227 e. The van der Waals surface area contributed by atoms with Crippen molar-refractivity contribution < 1.29 is 5.11 Å². The van der Waals surface area contributed by atoms with E-state index in [4.69, 9.17) is 17.3 Å². The van der Waals surface area contributed by atoms with Crippen LogP contribution in [0.15, 0.2) is 18.2 Å². The number of halogens is 1. The van der Waals surface area contributed by atoms with Gasteiger partial charge in [0.05, 0.1) is 23.4 Å². The number of nitrogens with one attached hydrogen (secondary N) is 3. The quantitative estimate of drug-likeness (QED) is 0.426. The van der Waals surface area contributed by atoms with Gasteiger partial charge in [0.1, 0.15) is 0 Å². The number of hydrogen-bond acceptors (Lipinski definition) is 8. The maximum atomic E-state index is 9.33. The van der Waals surface area contributed by atoms with Crippen molar-refractivity contribution in [3.8, 4) is 0 Å². The summed E-state index contributed by atoms with van der Waals surface area (Å²) >= 11 is 5.94. The van der Waals surface area contributed by atoms with Crippen LogP contribution in [-0.4, -0.2) is 43.1 Å². The zero-order chi connectivity index (χ0) is 17.1. The molecule has 3 rings (SSSR count). The molecule has 0 amide bonds. The van der Waals surface area contributed by atoms with Gasteiger partial charge in [-0.3, -0.25) is 0 Å². The Balaban J connectivity index is 1.96. The minimum atomic E-state index is -0.141. The first-order chi connectivity index (χ1) is 11.6. The smallest absolute Gasteiger partial charge is 0.227 e. The molecular formula is C14H17ClN8O. The van der Waals surface area contributed by atoms with Gasteiger partial charge in [-0.25, -0.2) is 5.10 Å². The molecule has 0 spiro atoms. The summed E-state index contributed by atoms with van der Waals surface area (Å²) in [4.78, 5) is 8.72. The molecule has 0 saturated carbocycles. The molecule has 2 aromatic heterocycles. The Hall–Kier alpha value is -2.65. The molecule has 0 aliphatic carbocycles. The number of rotatable bonds is 6. The van der Waals surface area contributed by atoms with Crippen LogP contribution in [0.5, 0.6) is 0 Å². The second-order valence-corrected chi connectivity index (χ2v) is 5.61. The average Bonchev–Trinajstić information content (AvgIpc) is 3.05. The minimum Gasteiger partial charge on any atom is -0.397 e. The van der Waals surface area contributed by atoms with Crippen LogP contribution < -0.4 is 16.4 Å². The number of fused-ring (bicyclic) bond motifs is 1. The number of aromatic amines is 1. The van der Waals surface area contributed by atoms with Gasteiger partial charge in [-0.2, -0.15) is 9.97 Å².